The van der Waals surface area contributed by atoms with Gasteiger partial charge in [0.25, 0.3) is 12.3 Å². The molecule has 3 heterocycles. The van der Waals surface area contributed by atoms with E-state index in [1.54, 1.807) is 23.2 Å². The van der Waals surface area contributed by atoms with Crippen LogP contribution >= 0.6 is 11.6 Å². The SMILES string of the molecule is CC(C)CNc1nccc2c1C(C)N(Cc1cnc(OCC(F)F)c(Cl)c1)C2=O. The number of carbonyl (C=O) groups excluding carboxylic acids is 1. The minimum atomic E-state index is -2.61. The van der Waals surface area contributed by atoms with E-state index in [1.807, 2.05) is 6.92 Å². The first kappa shape index (κ1) is 21.2. The van der Waals surface area contributed by atoms with Crippen molar-refractivity contribution < 1.29 is 18.3 Å². The highest BCUT2D eigenvalue weighted by Gasteiger charge is 2.36. The summed E-state index contributed by atoms with van der Waals surface area (Å²) in [6.45, 7) is 6.40. The Balaban J connectivity index is 1.78. The Morgan fingerprint density at radius 3 is 2.76 bits per heavy atom. The van der Waals surface area contributed by atoms with Crippen LogP contribution in [0.1, 0.15) is 48.3 Å². The molecule has 1 atom stereocenters. The molecule has 9 heteroatoms. The molecule has 2 aromatic rings. The number of hydrogen-bond acceptors (Lipinski definition) is 5. The van der Waals surface area contributed by atoms with Crippen LogP contribution in [0.3, 0.4) is 0 Å². The summed E-state index contributed by atoms with van der Waals surface area (Å²) in [5, 5.41) is 3.44. The number of rotatable bonds is 8. The number of anilines is 1. The molecule has 1 amide bonds. The number of hydrogen-bond donors (Lipinski definition) is 1. The Labute approximate surface area is 173 Å². The molecule has 2 aromatic heterocycles. The van der Waals surface area contributed by atoms with Gasteiger partial charge in [0.1, 0.15) is 10.8 Å². The van der Waals surface area contributed by atoms with E-state index in [-0.39, 0.29) is 29.4 Å². The molecule has 1 unspecified atom stereocenters. The molecule has 29 heavy (non-hydrogen) atoms. The molecule has 0 aromatic carbocycles. The Morgan fingerprint density at radius 1 is 1.34 bits per heavy atom. The number of ether oxygens (including phenoxy) is 1. The zero-order valence-electron chi connectivity index (χ0n) is 16.5. The van der Waals surface area contributed by atoms with Crippen LogP contribution in [0.5, 0.6) is 5.88 Å². The Kier molecular flexibility index (Phi) is 6.52. The molecule has 0 saturated carbocycles. The Bertz CT molecular complexity index is 895. The first-order chi connectivity index (χ1) is 13.8. The van der Waals surface area contributed by atoms with Crippen LogP contribution in [-0.2, 0) is 6.54 Å². The van der Waals surface area contributed by atoms with Gasteiger partial charge in [0.15, 0.2) is 6.61 Å². The topological polar surface area (TPSA) is 67.3 Å². The van der Waals surface area contributed by atoms with E-state index in [4.69, 9.17) is 16.3 Å². The van der Waals surface area contributed by atoms with Crippen molar-refractivity contribution in [2.45, 2.75) is 39.8 Å². The third kappa shape index (κ3) is 4.75. The van der Waals surface area contributed by atoms with Gasteiger partial charge in [-0.15, -0.1) is 0 Å². The lowest BCUT2D eigenvalue weighted by Crippen LogP contribution is -2.26. The van der Waals surface area contributed by atoms with Gasteiger partial charge in [-0.3, -0.25) is 4.79 Å². The third-order valence-electron chi connectivity index (χ3n) is 4.61. The van der Waals surface area contributed by atoms with Crippen LogP contribution < -0.4 is 10.1 Å². The molecule has 3 rings (SSSR count). The zero-order chi connectivity index (χ0) is 21.1. The number of aromatic nitrogens is 2. The van der Waals surface area contributed by atoms with E-state index in [0.29, 0.717) is 22.9 Å². The van der Waals surface area contributed by atoms with Crippen LogP contribution in [0.25, 0.3) is 0 Å². The van der Waals surface area contributed by atoms with E-state index < -0.39 is 13.0 Å². The molecule has 1 N–H and O–H groups in total. The van der Waals surface area contributed by atoms with E-state index in [2.05, 4.69) is 29.1 Å². The number of amides is 1. The van der Waals surface area contributed by atoms with Gasteiger partial charge < -0.3 is 15.0 Å². The van der Waals surface area contributed by atoms with Crippen LogP contribution in [-0.4, -0.2) is 40.4 Å². The second-order valence-electron chi connectivity index (χ2n) is 7.34. The average Bonchev–Trinajstić information content (AvgIpc) is 2.91. The summed E-state index contributed by atoms with van der Waals surface area (Å²) in [5.41, 5.74) is 2.17. The van der Waals surface area contributed by atoms with Gasteiger partial charge in [-0.1, -0.05) is 25.4 Å². The van der Waals surface area contributed by atoms with Gasteiger partial charge in [-0.25, -0.2) is 18.7 Å². The number of fused-ring (bicyclic) bond motifs is 1. The summed E-state index contributed by atoms with van der Waals surface area (Å²) in [6, 6.07) is 3.12. The van der Waals surface area contributed by atoms with Crippen molar-refractivity contribution in [1.82, 2.24) is 14.9 Å². The number of alkyl halides is 2. The number of halogens is 3. The summed E-state index contributed by atoms with van der Waals surface area (Å²) in [4.78, 5) is 23.1. The molecular weight excluding hydrogens is 402 g/mol. The second kappa shape index (κ2) is 8.90. The predicted octanol–water partition coefficient (Wildman–Crippen LogP) is 4.56. The van der Waals surface area contributed by atoms with E-state index in [1.165, 1.54) is 6.20 Å². The second-order valence-corrected chi connectivity index (χ2v) is 7.74. The van der Waals surface area contributed by atoms with Gasteiger partial charge in [0.2, 0.25) is 5.88 Å². The first-order valence-corrected chi connectivity index (χ1v) is 9.74. The molecular formula is C20H23ClF2N4O2. The molecule has 0 aliphatic carbocycles. The quantitative estimate of drug-likeness (QED) is 0.672. The van der Waals surface area contributed by atoms with Gasteiger partial charge in [-0.05, 0) is 30.5 Å². The molecule has 0 radical (unpaired) electrons. The first-order valence-electron chi connectivity index (χ1n) is 9.37. The van der Waals surface area contributed by atoms with E-state index >= 15 is 0 Å². The summed E-state index contributed by atoms with van der Waals surface area (Å²) in [5.74, 6) is 1.00. The number of carbonyl (C=O) groups is 1. The molecule has 1 aliphatic rings. The van der Waals surface area contributed by atoms with Gasteiger partial charge in [0.05, 0.1) is 11.6 Å². The highest BCUT2D eigenvalue weighted by atomic mass is 35.5. The van der Waals surface area contributed by atoms with Crippen LogP contribution in [0.2, 0.25) is 5.02 Å². The smallest absolute Gasteiger partial charge is 0.272 e. The highest BCUT2D eigenvalue weighted by molar-refractivity contribution is 6.31. The fourth-order valence-corrected chi connectivity index (χ4v) is 3.46. The van der Waals surface area contributed by atoms with Gasteiger partial charge in [0, 0.05) is 31.0 Å². The zero-order valence-corrected chi connectivity index (χ0v) is 17.2. The minimum absolute atomic E-state index is 0.0517. The lowest BCUT2D eigenvalue weighted by molar-refractivity contribution is 0.0721. The molecule has 0 saturated heterocycles. The number of nitrogens with zero attached hydrogens (tertiary/aromatic N) is 3. The number of nitrogens with one attached hydrogen (secondary N) is 1. The van der Waals surface area contributed by atoms with Crippen molar-refractivity contribution in [2.75, 3.05) is 18.5 Å². The maximum Gasteiger partial charge on any atom is 0.272 e. The standard InChI is InChI=1S/C20H23ClF2N4O2/c1-11(2)7-25-18-17-12(3)27(20(28)14(17)4-5-24-18)9-13-6-15(21)19(26-8-13)29-10-16(22)23/h4-6,8,11-12,16H,7,9-10H2,1-3H3,(H,24,25). The molecule has 156 valence electrons. The fraction of sp³-hybridized carbons (Fsp3) is 0.450. The summed E-state index contributed by atoms with van der Waals surface area (Å²) < 4.78 is 29.5. The number of pyridine rings is 2. The minimum Gasteiger partial charge on any atom is -0.471 e. The van der Waals surface area contributed by atoms with Crippen molar-refractivity contribution in [3.05, 3.63) is 46.2 Å². The monoisotopic (exact) mass is 424 g/mol. The average molecular weight is 425 g/mol. The Morgan fingerprint density at radius 2 is 2.10 bits per heavy atom. The molecule has 6 nitrogen and oxygen atoms in total. The Hall–Kier alpha value is -2.48. The van der Waals surface area contributed by atoms with E-state index in [9.17, 15) is 13.6 Å². The highest BCUT2D eigenvalue weighted by Crippen LogP contribution is 2.38. The maximum atomic E-state index is 12.9. The van der Waals surface area contributed by atoms with Crippen molar-refractivity contribution >= 4 is 23.3 Å². The van der Waals surface area contributed by atoms with E-state index in [0.717, 1.165) is 12.1 Å². The van der Waals surface area contributed by atoms with Crippen molar-refractivity contribution in [1.29, 1.82) is 0 Å². The van der Waals surface area contributed by atoms with Crippen molar-refractivity contribution in [3.63, 3.8) is 0 Å². The lowest BCUT2D eigenvalue weighted by atomic mass is 10.1. The lowest BCUT2D eigenvalue weighted by Gasteiger charge is -2.23. The summed E-state index contributed by atoms with van der Waals surface area (Å²) >= 11 is 6.10. The normalized spacial score (nSPS) is 15.9. The van der Waals surface area contributed by atoms with Crippen molar-refractivity contribution in [2.24, 2.45) is 5.92 Å². The van der Waals surface area contributed by atoms with Crippen LogP contribution in [0.4, 0.5) is 14.6 Å². The van der Waals surface area contributed by atoms with Crippen molar-refractivity contribution in [3.8, 4) is 5.88 Å². The van der Waals surface area contributed by atoms with Gasteiger partial charge in [-0.2, -0.15) is 0 Å². The largest absolute Gasteiger partial charge is 0.471 e. The van der Waals surface area contributed by atoms with Crippen LogP contribution in [0, 0.1) is 5.92 Å². The predicted molar refractivity (Wildman–Crippen MR) is 107 cm³/mol. The van der Waals surface area contributed by atoms with Crippen LogP contribution in [0.15, 0.2) is 24.5 Å². The third-order valence-corrected chi connectivity index (χ3v) is 4.88. The molecule has 0 spiro atoms. The molecule has 0 bridgehead atoms. The fourth-order valence-electron chi connectivity index (χ4n) is 3.22. The molecule has 1 aliphatic heterocycles. The molecule has 0 fully saturated rings. The van der Waals surface area contributed by atoms with Gasteiger partial charge >= 0.3 is 0 Å². The summed E-state index contributed by atoms with van der Waals surface area (Å²) in [6.07, 6.45) is 0.496. The maximum absolute atomic E-state index is 12.9. The summed E-state index contributed by atoms with van der Waals surface area (Å²) in [7, 11) is 0.